The monoisotopic (exact) mass is 316 g/mol. The van der Waals surface area contributed by atoms with Crippen LogP contribution < -0.4 is 0 Å². The van der Waals surface area contributed by atoms with Crippen LogP contribution in [-0.2, 0) is 6.18 Å². The normalized spacial score (nSPS) is 11.4. The summed E-state index contributed by atoms with van der Waals surface area (Å²) in [7, 11) is 0. The standard InChI is InChI=1S/C17H8F4N2/c18-14-3-1-2-11-8-13(9-22)23-16(15(11)14)10-4-6-12(7-5-10)17(19,20)21/h1-8H. The molecule has 0 spiro atoms. The fraction of sp³-hybridized carbons (Fsp3) is 0.0588. The molecule has 3 rings (SSSR count). The second-order valence-corrected chi connectivity index (χ2v) is 4.88. The van der Waals surface area contributed by atoms with Crippen molar-refractivity contribution < 1.29 is 17.6 Å². The Kier molecular flexibility index (Phi) is 3.49. The van der Waals surface area contributed by atoms with Crippen LogP contribution in [0.2, 0.25) is 0 Å². The van der Waals surface area contributed by atoms with Gasteiger partial charge in [-0.25, -0.2) is 9.37 Å². The highest BCUT2D eigenvalue weighted by atomic mass is 19.4. The molecule has 1 aromatic heterocycles. The number of pyridine rings is 1. The van der Waals surface area contributed by atoms with Gasteiger partial charge >= 0.3 is 6.18 Å². The molecular formula is C17H8F4N2. The minimum Gasteiger partial charge on any atom is -0.236 e. The molecule has 6 heteroatoms. The average Bonchev–Trinajstić information content (AvgIpc) is 2.53. The van der Waals surface area contributed by atoms with Crippen LogP contribution in [-0.4, -0.2) is 4.98 Å². The summed E-state index contributed by atoms with van der Waals surface area (Å²) in [6.07, 6.45) is -4.45. The molecule has 0 saturated heterocycles. The first-order valence-corrected chi connectivity index (χ1v) is 6.57. The summed E-state index contributed by atoms with van der Waals surface area (Å²) < 4.78 is 52.1. The molecule has 0 bridgehead atoms. The van der Waals surface area contributed by atoms with Crippen LogP contribution in [0, 0.1) is 17.1 Å². The summed E-state index contributed by atoms with van der Waals surface area (Å²) in [6.45, 7) is 0. The third-order valence-corrected chi connectivity index (χ3v) is 3.41. The van der Waals surface area contributed by atoms with Gasteiger partial charge in [0.1, 0.15) is 17.6 Å². The van der Waals surface area contributed by atoms with Gasteiger partial charge in [-0.3, -0.25) is 0 Å². The first-order valence-electron chi connectivity index (χ1n) is 6.57. The number of nitriles is 1. The Morgan fingerprint density at radius 1 is 1.00 bits per heavy atom. The van der Waals surface area contributed by atoms with Gasteiger partial charge in [0.2, 0.25) is 0 Å². The predicted molar refractivity (Wildman–Crippen MR) is 76.9 cm³/mol. The maximum Gasteiger partial charge on any atom is 0.416 e. The van der Waals surface area contributed by atoms with Crippen molar-refractivity contribution in [2.75, 3.05) is 0 Å². The van der Waals surface area contributed by atoms with E-state index in [9.17, 15) is 17.6 Å². The van der Waals surface area contributed by atoms with Gasteiger partial charge in [0, 0.05) is 10.9 Å². The molecule has 0 aliphatic carbocycles. The largest absolute Gasteiger partial charge is 0.416 e. The van der Waals surface area contributed by atoms with E-state index >= 15 is 0 Å². The molecule has 0 aliphatic rings. The quantitative estimate of drug-likeness (QED) is 0.597. The van der Waals surface area contributed by atoms with Crippen LogP contribution in [0.15, 0.2) is 48.5 Å². The van der Waals surface area contributed by atoms with E-state index in [2.05, 4.69) is 4.98 Å². The lowest BCUT2D eigenvalue weighted by atomic mass is 10.0. The van der Waals surface area contributed by atoms with Crippen molar-refractivity contribution in [1.82, 2.24) is 4.98 Å². The van der Waals surface area contributed by atoms with Crippen molar-refractivity contribution in [2.24, 2.45) is 0 Å². The first kappa shape index (κ1) is 15.0. The van der Waals surface area contributed by atoms with Gasteiger partial charge in [0.15, 0.2) is 0 Å². The summed E-state index contributed by atoms with van der Waals surface area (Å²) in [4.78, 5) is 4.06. The van der Waals surface area contributed by atoms with Gasteiger partial charge in [0.25, 0.3) is 0 Å². The second-order valence-electron chi connectivity index (χ2n) is 4.88. The summed E-state index contributed by atoms with van der Waals surface area (Å²) in [6, 6.07) is 11.9. The van der Waals surface area contributed by atoms with Crippen molar-refractivity contribution in [1.29, 1.82) is 5.26 Å². The topological polar surface area (TPSA) is 36.7 Å². The summed E-state index contributed by atoms with van der Waals surface area (Å²) >= 11 is 0. The Hall–Kier alpha value is -2.94. The maximum absolute atomic E-state index is 14.1. The van der Waals surface area contributed by atoms with Crippen LogP contribution in [0.4, 0.5) is 17.6 Å². The Balaban J connectivity index is 2.25. The van der Waals surface area contributed by atoms with E-state index in [4.69, 9.17) is 5.26 Å². The molecular weight excluding hydrogens is 308 g/mol. The van der Waals surface area contributed by atoms with Gasteiger partial charge < -0.3 is 0 Å². The Labute approximate surface area is 128 Å². The number of fused-ring (bicyclic) bond motifs is 1. The Morgan fingerprint density at radius 3 is 2.30 bits per heavy atom. The summed E-state index contributed by atoms with van der Waals surface area (Å²) in [5.74, 6) is -0.547. The third kappa shape index (κ3) is 2.73. The van der Waals surface area contributed by atoms with Crippen LogP contribution in [0.5, 0.6) is 0 Å². The van der Waals surface area contributed by atoms with E-state index < -0.39 is 17.6 Å². The zero-order valence-electron chi connectivity index (χ0n) is 11.5. The van der Waals surface area contributed by atoms with E-state index in [1.165, 1.54) is 30.3 Å². The summed E-state index contributed by atoms with van der Waals surface area (Å²) in [5, 5.41) is 9.67. The average molecular weight is 316 g/mol. The van der Waals surface area contributed by atoms with Crippen molar-refractivity contribution in [2.45, 2.75) is 6.18 Å². The highest BCUT2D eigenvalue weighted by Crippen LogP contribution is 2.33. The van der Waals surface area contributed by atoms with E-state index in [1.807, 2.05) is 6.07 Å². The van der Waals surface area contributed by atoms with Gasteiger partial charge in [-0.15, -0.1) is 0 Å². The number of hydrogen-bond donors (Lipinski definition) is 0. The Bertz CT molecular complexity index is 922. The second kappa shape index (κ2) is 5.36. The number of rotatable bonds is 1. The molecule has 2 aromatic carbocycles. The van der Waals surface area contributed by atoms with Crippen LogP contribution >= 0.6 is 0 Å². The van der Waals surface area contributed by atoms with Gasteiger partial charge in [-0.1, -0.05) is 24.3 Å². The highest BCUT2D eigenvalue weighted by molar-refractivity contribution is 5.95. The number of aromatic nitrogens is 1. The minimum atomic E-state index is -4.45. The van der Waals surface area contributed by atoms with E-state index in [-0.39, 0.29) is 16.8 Å². The molecule has 1 heterocycles. The molecule has 0 atom stereocenters. The van der Waals surface area contributed by atoms with Gasteiger partial charge in [-0.2, -0.15) is 18.4 Å². The van der Waals surface area contributed by atoms with Crippen molar-refractivity contribution in [3.8, 4) is 17.3 Å². The molecule has 0 radical (unpaired) electrons. The molecule has 0 unspecified atom stereocenters. The zero-order valence-corrected chi connectivity index (χ0v) is 11.5. The predicted octanol–water partition coefficient (Wildman–Crippen LogP) is 4.93. The van der Waals surface area contributed by atoms with E-state index in [0.717, 1.165) is 12.1 Å². The van der Waals surface area contributed by atoms with E-state index in [1.54, 1.807) is 6.07 Å². The van der Waals surface area contributed by atoms with Crippen LogP contribution in [0.1, 0.15) is 11.3 Å². The SMILES string of the molecule is N#Cc1cc2cccc(F)c2c(-c2ccc(C(F)(F)F)cc2)n1. The minimum absolute atomic E-state index is 0.0676. The highest BCUT2D eigenvalue weighted by Gasteiger charge is 2.30. The van der Waals surface area contributed by atoms with Crippen molar-refractivity contribution in [3.05, 3.63) is 65.6 Å². The summed E-state index contributed by atoms with van der Waals surface area (Å²) in [5.41, 5.74) is -0.281. The number of alkyl halides is 3. The van der Waals surface area contributed by atoms with Gasteiger partial charge in [0.05, 0.1) is 11.3 Å². The van der Waals surface area contributed by atoms with Crippen molar-refractivity contribution in [3.63, 3.8) is 0 Å². The first-order chi connectivity index (χ1) is 10.9. The molecule has 0 amide bonds. The smallest absolute Gasteiger partial charge is 0.236 e. The fourth-order valence-corrected chi connectivity index (χ4v) is 2.35. The fourth-order valence-electron chi connectivity index (χ4n) is 2.35. The number of benzene rings is 2. The molecule has 0 aliphatic heterocycles. The lowest BCUT2D eigenvalue weighted by Gasteiger charge is -2.10. The lowest BCUT2D eigenvalue weighted by molar-refractivity contribution is -0.137. The molecule has 0 N–H and O–H groups in total. The molecule has 23 heavy (non-hydrogen) atoms. The molecule has 3 aromatic rings. The molecule has 0 saturated carbocycles. The molecule has 114 valence electrons. The van der Waals surface area contributed by atoms with Crippen LogP contribution in [0.25, 0.3) is 22.0 Å². The third-order valence-electron chi connectivity index (χ3n) is 3.41. The molecule has 2 nitrogen and oxygen atoms in total. The van der Waals surface area contributed by atoms with Crippen LogP contribution in [0.3, 0.4) is 0 Å². The number of hydrogen-bond acceptors (Lipinski definition) is 2. The number of halogens is 4. The van der Waals surface area contributed by atoms with E-state index in [0.29, 0.717) is 10.9 Å². The maximum atomic E-state index is 14.1. The zero-order chi connectivity index (χ0) is 16.6. The number of nitrogens with zero attached hydrogens (tertiary/aromatic N) is 2. The lowest BCUT2D eigenvalue weighted by Crippen LogP contribution is -2.04. The van der Waals surface area contributed by atoms with Gasteiger partial charge in [-0.05, 0) is 29.7 Å². The molecule has 0 fully saturated rings. The van der Waals surface area contributed by atoms with Crippen molar-refractivity contribution >= 4 is 10.8 Å². The Morgan fingerprint density at radius 2 is 1.70 bits per heavy atom.